The minimum atomic E-state index is 0. The van der Waals surface area contributed by atoms with Crippen LogP contribution in [0, 0.1) is 0 Å². The van der Waals surface area contributed by atoms with Crippen molar-refractivity contribution in [3.05, 3.63) is 29.8 Å². The molecule has 1 aromatic carbocycles. The van der Waals surface area contributed by atoms with Crippen molar-refractivity contribution in [3.8, 4) is 0 Å². The first kappa shape index (κ1) is 11.1. The van der Waals surface area contributed by atoms with Gasteiger partial charge in [-0.25, -0.2) is 0 Å². The van der Waals surface area contributed by atoms with Gasteiger partial charge in [0.1, 0.15) is 0 Å². The highest BCUT2D eigenvalue weighted by Crippen LogP contribution is 2.13. The van der Waals surface area contributed by atoms with Crippen molar-refractivity contribution >= 4 is 5.69 Å². The summed E-state index contributed by atoms with van der Waals surface area (Å²) in [4.78, 5) is 2.21. The van der Waals surface area contributed by atoms with Gasteiger partial charge in [-0.05, 0) is 31.5 Å². The minimum Gasteiger partial charge on any atom is -0.377 e. The normalized spacial score (nSPS) is 10.2. The van der Waals surface area contributed by atoms with E-state index < -0.39 is 0 Å². The molecule has 14 heavy (non-hydrogen) atoms. The van der Waals surface area contributed by atoms with E-state index in [0.717, 1.165) is 13.2 Å². The molecule has 0 saturated heterocycles. The first-order chi connectivity index (χ1) is 6.77. The third-order valence-corrected chi connectivity index (χ3v) is 2.32. The number of nitrogens with zero attached hydrogens (tertiary/aromatic N) is 1. The Kier molecular flexibility index (Phi) is 4.47. The van der Waals surface area contributed by atoms with Gasteiger partial charge in [0.15, 0.2) is 0 Å². The summed E-state index contributed by atoms with van der Waals surface area (Å²) in [5.41, 5.74) is 2.49. The molecule has 0 amide bonds. The van der Waals surface area contributed by atoms with E-state index in [9.17, 15) is 0 Å². The SMILES string of the molecule is CCOCc1ccc(N(C)CC)cc1.[HH]. The molecule has 0 radical (unpaired) electrons. The van der Waals surface area contributed by atoms with Crippen LogP contribution in [0.1, 0.15) is 20.8 Å². The lowest BCUT2D eigenvalue weighted by molar-refractivity contribution is 0.134. The van der Waals surface area contributed by atoms with E-state index in [2.05, 4.69) is 43.1 Å². The standard InChI is InChI=1S/C12H19NO.H2/c1-4-13(3)12-8-6-11(7-9-12)10-14-5-2;/h6-9H,4-5,10H2,1-3H3;1H. The fourth-order valence-corrected chi connectivity index (χ4v) is 1.25. The molecule has 0 aliphatic carbocycles. The van der Waals surface area contributed by atoms with Gasteiger partial charge in [0.05, 0.1) is 6.61 Å². The number of hydrogen-bond donors (Lipinski definition) is 0. The first-order valence-corrected chi connectivity index (χ1v) is 5.15. The zero-order valence-corrected chi connectivity index (χ0v) is 9.29. The minimum absolute atomic E-state index is 0. The van der Waals surface area contributed by atoms with Crippen molar-refractivity contribution < 1.29 is 6.16 Å². The lowest BCUT2D eigenvalue weighted by Crippen LogP contribution is -2.15. The third kappa shape index (κ3) is 3.04. The second-order valence-corrected chi connectivity index (χ2v) is 3.32. The largest absolute Gasteiger partial charge is 0.377 e. The second-order valence-electron chi connectivity index (χ2n) is 3.32. The lowest BCUT2D eigenvalue weighted by Gasteiger charge is -2.16. The van der Waals surface area contributed by atoms with Crippen LogP contribution in [-0.2, 0) is 11.3 Å². The molecule has 0 bridgehead atoms. The van der Waals surface area contributed by atoms with E-state index in [4.69, 9.17) is 4.74 Å². The van der Waals surface area contributed by atoms with Crippen LogP contribution in [0.5, 0.6) is 0 Å². The van der Waals surface area contributed by atoms with Gasteiger partial charge in [0.25, 0.3) is 0 Å². The number of anilines is 1. The number of ether oxygens (including phenoxy) is 1. The predicted octanol–water partition coefficient (Wildman–Crippen LogP) is 2.93. The van der Waals surface area contributed by atoms with Crippen LogP contribution in [-0.4, -0.2) is 20.2 Å². The van der Waals surface area contributed by atoms with Gasteiger partial charge in [-0.3, -0.25) is 0 Å². The van der Waals surface area contributed by atoms with Gasteiger partial charge in [-0.2, -0.15) is 0 Å². The highest BCUT2D eigenvalue weighted by atomic mass is 16.5. The molecule has 2 nitrogen and oxygen atoms in total. The van der Waals surface area contributed by atoms with Gasteiger partial charge >= 0.3 is 0 Å². The Bertz CT molecular complexity index is 261. The van der Waals surface area contributed by atoms with Crippen LogP contribution < -0.4 is 4.90 Å². The molecule has 80 valence electrons. The molecule has 2 heteroatoms. The van der Waals surface area contributed by atoms with Gasteiger partial charge < -0.3 is 9.64 Å². The Labute approximate surface area is 88.0 Å². The zero-order valence-electron chi connectivity index (χ0n) is 9.29. The molecule has 0 N–H and O–H groups in total. The maximum atomic E-state index is 5.33. The molecule has 0 fully saturated rings. The lowest BCUT2D eigenvalue weighted by atomic mass is 10.2. The van der Waals surface area contributed by atoms with Crippen molar-refractivity contribution in [2.24, 2.45) is 0 Å². The summed E-state index contributed by atoms with van der Waals surface area (Å²) in [6.07, 6.45) is 0. The molecular weight excluding hydrogens is 174 g/mol. The molecular formula is C12H21NO. The molecule has 0 aliphatic heterocycles. The van der Waals surface area contributed by atoms with Crippen LogP contribution in [0.4, 0.5) is 5.69 Å². The maximum Gasteiger partial charge on any atom is 0.0716 e. The summed E-state index contributed by atoms with van der Waals surface area (Å²) in [6, 6.07) is 8.52. The van der Waals surface area contributed by atoms with Crippen molar-refractivity contribution in [1.29, 1.82) is 0 Å². The fraction of sp³-hybridized carbons (Fsp3) is 0.500. The fourth-order valence-electron chi connectivity index (χ4n) is 1.25. The van der Waals surface area contributed by atoms with Crippen LogP contribution >= 0.6 is 0 Å². The van der Waals surface area contributed by atoms with Crippen LogP contribution in [0.3, 0.4) is 0 Å². The van der Waals surface area contributed by atoms with E-state index in [1.54, 1.807) is 0 Å². The van der Waals surface area contributed by atoms with Gasteiger partial charge in [-0.15, -0.1) is 0 Å². The van der Waals surface area contributed by atoms with E-state index >= 15 is 0 Å². The first-order valence-electron chi connectivity index (χ1n) is 5.15. The van der Waals surface area contributed by atoms with Crippen LogP contribution in [0.15, 0.2) is 24.3 Å². The van der Waals surface area contributed by atoms with Crippen molar-refractivity contribution in [2.75, 3.05) is 25.1 Å². The van der Waals surface area contributed by atoms with E-state index in [1.165, 1.54) is 11.3 Å². The summed E-state index contributed by atoms with van der Waals surface area (Å²) in [5.74, 6) is 0. The topological polar surface area (TPSA) is 12.5 Å². The van der Waals surface area contributed by atoms with Crippen molar-refractivity contribution in [1.82, 2.24) is 0 Å². The summed E-state index contributed by atoms with van der Waals surface area (Å²) in [5, 5.41) is 0. The maximum absolute atomic E-state index is 5.33. The molecule has 0 aromatic heterocycles. The molecule has 0 unspecified atom stereocenters. The Balaban J connectivity index is 0.00000196. The van der Waals surface area contributed by atoms with E-state index in [1.807, 2.05) is 6.92 Å². The number of rotatable bonds is 5. The monoisotopic (exact) mass is 195 g/mol. The average molecular weight is 195 g/mol. The highest BCUT2D eigenvalue weighted by Gasteiger charge is 1.97. The molecule has 0 saturated carbocycles. The molecule has 0 heterocycles. The third-order valence-electron chi connectivity index (χ3n) is 2.32. The summed E-state index contributed by atoms with van der Waals surface area (Å²) in [7, 11) is 2.09. The van der Waals surface area contributed by atoms with Crippen LogP contribution in [0.25, 0.3) is 0 Å². The Morgan fingerprint density at radius 1 is 1.21 bits per heavy atom. The molecule has 0 atom stereocenters. The average Bonchev–Trinajstić information content (AvgIpc) is 2.26. The van der Waals surface area contributed by atoms with Gasteiger partial charge in [0.2, 0.25) is 0 Å². The van der Waals surface area contributed by atoms with Crippen molar-refractivity contribution in [2.45, 2.75) is 20.5 Å². The van der Waals surface area contributed by atoms with Crippen LogP contribution in [0.2, 0.25) is 0 Å². The van der Waals surface area contributed by atoms with E-state index in [-0.39, 0.29) is 1.43 Å². The summed E-state index contributed by atoms with van der Waals surface area (Å²) >= 11 is 0. The second kappa shape index (κ2) is 5.66. The number of benzene rings is 1. The predicted molar refractivity (Wildman–Crippen MR) is 62.8 cm³/mol. The quantitative estimate of drug-likeness (QED) is 0.716. The Morgan fingerprint density at radius 3 is 2.36 bits per heavy atom. The zero-order chi connectivity index (χ0) is 10.4. The molecule has 1 rings (SSSR count). The molecule has 1 aromatic rings. The van der Waals surface area contributed by atoms with Gasteiger partial charge in [0, 0.05) is 27.3 Å². The smallest absolute Gasteiger partial charge is 0.0716 e. The highest BCUT2D eigenvalue weighted by molar-refractivity contribution is 5.46. The molecule has 0 aliphatic rings. The van der Waals surface area contributed by atoms with Gasteiger partial charge in [-0.1, -0.05) is 12.1 Å². The summed E-state index contributed by atoms with van der Waals surface area (Å²) < 4.78 is 5.33. The molecule has 0 spiro atoms. The van der Waals surface area contributed by atoms with E-state index in [0.29, 0.717) is 6.61 Å². The Morgan fingerprint density at radius 2 is 1.86 bits per heavy atom. The Hall–Kier alpha value is -1.02. The number of hydrogen-bond acceptors (Lipinski definition) is 2. The van der Waals surface area contributed by atoms with Crippen molar-refractivity contribution in [3.63, 3.8) is 0 Å². The summed E-state index contributed by atoms with van der Waals surface area (Å²) in [6.45, 7) is 6.68.